The summed E-state index contributed by atoms with van der Waals surface area (Å²) in [4.78, 5) is 29.9. The summed E-state index contributed by atoms with van der Waals surface area (Å²) < 4.78 is 7.77. The maximum atomic E-state index is 13.4. The molecule has 0 aliphatic heterocycles. The third-order valence-corrected chi connectivity index (χ3v) is 5.03. The van der Waals surface area contributed by atoms with Gasteiger partial charge in [0.2, 0.25) is 5.78 Å². The zero-order valence-corrected chi connectivity index (χ0v) is 17.3. The van der Waals surface area contributed by atoms with Crippen LogP contribution >= 0.6 is 15.9 Å². The number of benzene rings is 2. The average molecular weight is 441 g/mol. The van der Waals surface area contributed by atoms with Gasteiger partial charge >= 0.3 is 5.97 Å². The van der Waals surface area contributed by atoms with Gasteiger partial charge in [-0.15, -0.1) is 0 Å². The molecule has 5 nitrogen and oxygen atoms in total. The van der Waals surface area contributed by atoms with E-state index in [0.717, 1.165) is 21.3 Å². The topological polar surface area (TPSA) is 61.2 Å². The fraction of sp³-hybridized carbons (Fsp3) is 0.227. The summed E-state index contributed by atoms with van der Waals surface area (Å²) in [5.74, 6) is -0.995. The van der Waals surface area contributed by atoms with E-state index >= 15 is 0 Å². The van der Waals surface area contributed by atoms with Crippen molar-refractivity contribution in [2.45, 2.75) is 26.2 Å². The lowest BCUT2D eigenvalue weighted by atomic mass is 9.91. The van der Waals surface area contributed by atoms with Crippen LogP contribution in [0, 0.1) is 6.92 Å². The molecular weight excluding hydrogens is 420 g/mol. The van der Waals surface area contributed by atoms with Crippen molar-refractivity contribution < 1.29 is 14.3 Å². The second-order valence-corrected chi connectivity index (χ2v) is 7.30. The summed E-state index contributed by atoms with van der Waals surface area (Å²) in [6.07, 6.45) is 3.33. The minimum absolute atomic E-state index is 0.0328. The van der Waals surface area contributed by atoms with E-state index in [4.69, 9.17) is 4.74 Å². The number of hydrogen-bond acceptors (Lipinski definition) is 4. The Balaban J connectivity index is 2.00. The van der Waals surface area contributed by atoms with E-state index in [1.165, 1.54) is 0 Å². The van der Waals surface area contributed by atoms with Gasteiger partial charge in [-0.3, -0.25) is 14.2 Å². The predicted molar refractivity (Wildman–Crippen MR) is 111 cm³/mol. The molecule has 1 atom stereocenters. The maximum absolute atomic E-state index is 13.4. The van der Waals surface area contributed by atoms with Crippen molar-refractivity contribution in [2.24, 2.45) is 0 Å². The van der Waals surface area contributed by atoms with Crippen LogP contribution in [0.25, 0.3) is 5.69 Å². The maximum Gasteiger partial charge on any atom is 0.306 e. The molecule has 0 saturated heterocycles. The van der Waals surface area contributed by atoms with Crippen LogP contribution in [-0.2, 0) is 9.53 Å². The summed E-state index contributed by atoms with van der Waals surface area (Å²) in [5.41, 5.74) is 2.66. The van der Waals surface area contributed by atoms with Crippen molar-refractivity contribution in [1.29, 1.82) is 0 Å². The van der Waals surface area contributed by atoms with Gasteiger partial charge in [0.15, 0.2) is 5.82 Å². The first kappa shape index (κ1) is 20.0. The van der Waals surface area contributed by atoms with Crippen LogP contribution in [0.1, 0.15) is 41.0 Å². The van der Waals surface area contributed by atoms with Crippen molar-refractivity contribution in [3.05, 3.63) is 82.3 Å². The van der Waals surface area contributed by atoms with Crippen molar-refractivity contribution in [3.8, 4) is 5.69 Å². The van der Waals surface area contributed by atoms with Gasteiger partial charge in [-0.2, -0.15) is 0 Å². The first-order chi connectivity index (χ1) is 13.5. The van der Waals surface area contributed by atoms with Gasteiger partial charge in [-0.1, -0.05) is 46.3 Å². The molecular formula is C22H21BrN2O3. The number of aryl methyl sites for hydroxylation is 1. The SMILES string of the molecule is CCOC(=O)C[C@@H](C(=O)c1nccn1-c1ccccc1C)c1ccc(Br)cc1. The second kappa shape index (κ2) is 8.97. The van der Waals surface area contributed by atoms with Gasteiger partial charge in [0.1, 0.15) is 0 Å². The molecule has 2 aromatic carbocycles. The Hall–Kier alpha value is -2.73. The molecule has 0 spiro atoms. The zero-order chi connectivity index (χ0) is 20.1. The van der Waals surface area contributed by atoms with E-state index in [1.54, 1.807) is 23.9 Å². The van der Waals surface area contributed by atoms with Gasteiger partial charge in [0.25, 0.3) is 0 Å². The van der Waals surface area contributed by atoms with Gasteiger partial charge in [-0.25, -0.2) is 4.98 Å². The highest BCUT2D eigenvalue weighted by atomic mass is 79.9. The Morgan fingerprint density at radius 3 is 2.54 bits per heavy atom. The van der Waals surface area contributed by atoms with Crippen LogP contribution in [0.2, 0.25) is 0 Å². The van der Waals surface area contributed by atoms with Crippen LogP contribution < -0.4 is 0 Å². The van der Waals surface area contributed by atoms with Gasteiger partial charge in [-0.05, 0) is 43.2 Å². The van der Waals surface area contributed by atoms with E-state index < -0.39 is 11.9 Å². The summed E-state index contributed by atoms with van der Waals surface area (Å²) in [6, 6.07) is 15.2. The minimum atomic E-state index is -0.669. The summed E-state index contributed by atoms with van der Waals surface area (Å²) in [5, 5.41) is 0. The van der Waals surface area contributed by atoms with E-state index in [2.05, 4.69) is 20.9 Å². The van der Waals surface area contributed by atoms with Gasteiger partial charge < -0.3 is 4.74 Å². The number of ether oxygens (including phenoxy) is 1. The first-order valence-corrected chi connectivity index (χ1v) is 9.85. The van der Waals surface area contributed by atoms with Crippen LogP contribution in [0.4, 0.5) is 0 Å². The smallest absolute Gasteiger partial charge is 0.306 e. The number of halogens is 1. The minimum Gasteiger partial charge on any atom is -0.466 e. The van der Waals surface area contributed by atoms with Crippen molar-refractivity contribution in [1.82, 2.24) is 9.55 Å². The molecule has 3 rings (SSSR count). The molecule has 0 saturated carbocycles. The number of imidazole rings is 1. The largest absolute Gasteiger partial charge is 0.466 e. The quantitative estimate of drug-likeness (QED) is 0.388. The molecule has 0 N–H and O–H groups in total. The fourth-order valence-corrected chi connectivity index (χ4v) is 3.38. The van der Waals surface area contributed by atoms with Crippen molar-refractivity contribution in [3.63, 3.8) is 0 Å². The number of Topliss-reactive ketones (excluding diaryl/α,β-unsaturated/α-hetero) is 1. The molecule has 3 aromatic rings. The molecule has 6 heteroatoms. The van der Waals surface area contributed by atoms with Crippen LogP contribution in [0.5, 0.6) is 0 Å². The van der Waals surface area contributed by atoms with Gasteiger partial charge in [0.05, 0.1) is 24.6 Å². The highest BCUT2D eigenvalue weighted by Gasteiger charge is 2.29. The molecule has 0 amide bonds. The van der Waals surface area contributed by atoms with Crippen molar-refractivity contribution in [2.75, 3.05) is 6.61 Å². The third-order valence-electron chi connectivity index (χ3n) is 4.50. The van der Waals surface area contributed by atoms with Crippen molar-refractivity contribution >= 4 is 27.7 Å². The Kier molecular flexibility index (Phi) is 6.41. The predicted octanol–water partition coefficient (Wildman–Crippen LogP) is 4.86. The Morgan fingerprint density at radius 2 is 1.86 bits per heavy atom. The number of carbonyl (C=O) groups is 2. The number of para-hydroxylation sites is 1. The van der Waals surface area contributed by atoms with Crippen LogP contribution in [-0.4, -0.2) is 27.9 Å². The number of nitrogens with zero attached hydrogens (tertiary/aromatic N) is 2. The number of carbonyl (C=O) groups excluding carboxylic acids is 2. The number of esters is 1. The number of hydrogen-bond donors (Lipinski definition) is 0. The molecule has 0 aliphatic rings. The molecule has 0 bridgehead atoms. The first-order valence-electron chi connectivity index (χ1n) is 9.06. The Labute approximate surface area is 172 Å². The molecule has 0 unspecified atom stereocenters. The molecule has 0 aliphatic carbocycles. The lowest BCUT2D eigenvalue weighted by Crippen LogP contribution is -2.21. The Morgan fingerprint density at radius 1 is 1.14 bits per heavy atom. The molecule has 1 aromatic heterocycles. The average Bonchev–Trinajstić information content (AvgIpc) is 3.16. The highest BCUT2D eigenvalue weighted by molar-refractivity contribution is 9.10. The van der Waals surface area contributed by atoms with Gasteiger partial charge in [0, 0.05) is 16.9 Å². The zero-order valence-electron chi connectivity index (χ0n) is 15.8. The molecule has 0 fully saturated rings. The molecule has 144 valence electrons. The van der Waals surface area contributed by atoms with E-state index in [-0.39, 0.29) is 18.8 Å². The van der Waals surface area contributed by atoms with Crippen LogP contribution in [0.3, 0.4) is 0 Å². The Bertz CT molecular complexity index is 979. The summed E-state index contributed by atoms with van der Waals surface area (Å²) >= 11 is 3.40. The van der Waals surface area contributed by atoms with Crippen LogP contribution in [0.15, 0.2) is 65.4 Å². The molecule has 0 radical (unpaired) electrons. The molecule has 28 heavy (non-hydrogen) atoms. The van der Waals surface area contributed by atoms with E-state index in [1.807, 2.05) is 55.5 Å². The van der Waals surface area contributed by atoms with E-state index in [9.17, 15) is 9.59 Å². The number of aromatic nitrogens is 2. The lowest BCUT2D eigenvalue weighted by Gasteiger charge is -2.17. The normalized spacial score (nSPS) is 11.8. The standard InChI is InChI=1S/C22H21BrN2O3/c1-3-28-20(26)14-18(16-8-10-17(23)11-9-16)21(27)22-24-12-13-25(22)19-7-5-4-6-15(19)2/h4-13,18H,3,14H2,1-2H3/t18-/m1/s1. The number of rotatable bonds is 7. The van der Waals surface area contributed by atoms with E-state index in [0.29, 0.717) is 5.82 Å². The lowest BCUT2D eigenvalue weighted by molar-refractivity contribution is -0.143. The third kappa shape index (κ3) is 4.39. The fourth-order valence-electron chi connectivity index (χ4n) is 3.11. The number of ketones is 1. The molecule has 1 heterocycles. The highest BCUT2D eigenvalue weighted by Crippen LogP contribution is 2.27. The summed E-state index contributed by atoms with van der Waals surface area (Å²) in [7, 11) is 0. The monoisotopic (exact) mass is 440 g/mol. The second-order valence-electron chi connectivity index (χ2n) is 6.38. The summed E-state index contributed by atoms with van der Waals surface area (Å²) in [6.45, 7) is 4.01.